The summed E-state index contributed by atoms with van der Waals surface area (Å²) < 4.78 is 1.11. The molecule has 0 aliphatic rings. The molecule has 2 rings (SSSR count). The molecule has 78 valence electrons. The van der Waals surface area contributed by atoms with Crippen LogP contribution in [0, 0.1) is 6.92 Å². The molecule has 0 amide bonds. The van der Waals surface area contributed by atoms with Gasteiger partial charge in [-0.1, -0.05) is 12.1 Å². The van der Waals surface area contributed by atoms with Crippen LogP contribution in [0.15, 0.2) is 34.1 Å². The molecule has 1 aromatic heterocycles. The molecule has 0 atom stereocenters. The SMILES string of the molecule is Cc1cccc(N)c1Nc1ccc(Br)s1. The van der Waals surface area contributed by atoms with Gasteiger partial charge in [-0.2, -0.15) is 0 Å². The lowest BCUT2D eigenvalue weighted by Gasteiger charge is -2.10. The van der Waals surface area contributed by atoms with E-state index in [1.54, 1.807) is 11.3 Å². The van der Waals surface area contributed by atoms with Crippen molar-refractivity contribution in [1.29, 1.82) is 0 Å². The lowest BCUT2D eigenvalue weighted by molar-refractivity contribution is 1.45. The lowest BCUT2D eigenvalue weighted by Crippen LogP contribution is -1.96. The summed E-state index contributed by atoms with van der Waals surface area (Å²) in [4.78, 5) is 0. The zero-order valence-electron chi connectivity index (χ0n) is 8.25. The molecule has 0 bridgehead atoms. The Balaban J connectivity index is 2.31. The van der Waals surface area contributed by atoms with Gasteiger partial charge in [0.1, 0.15) is 0 Å². The fourth-order valence-electron chi connectivity index (χ4n) is 1.37. The first-order valence-corrected chi connectivity index (χ1v) is 6.15. The van der Waals surface area contributed by atoms with Crippen LogP contribution >= 0.6 is 27.3 Å². The number of hydrogen-bond acceptors (Lipinski definition) is 3. The average Bonchev–Trinajstić information content (AvgIpc) is 2.58. The van der Waals surface area contributed by atoms with Gasteiger partial charge in [-0.05, 0) is 46.6 Å². The van der Waals surface area contributed by atoms with E-state index in [-0.39, 0.29) is 0 Å². The van der Waals surface area contributed by atoms with Crippen LogP contribution in [0.5, 0.6) is 0 Å². The van der Waals surface area contributed by atoms with E-state index >= 15 is 0 Å². The van der Waals surface area contributed by atoms with E-state index in [9.17, 15) is 0 Å². The van der Waals surface area contributed by atoms with Crippen LogP contribution in [-0.4, -0.2) is 0 Å². The first-order valence-electron chi connectivity index (χ1n) is 4.54. The minimum absolute atomic E-state index is 0.777. The molecule has 15 heavy (non-hydrogen) atoms. The molecule has 0 fully saturated rings. The van der Waals surface area contributed by atoms with Crippen LogP contribution in [0.1, 0.15) is 5.56 Å². The quantitative estimate of drug-likeness (QED) is 0.813. The van der Waals surface area contributed by atoms with Gasteiger partial charge < -0.3 is 11.1 Å². The maximum absolute atomic E-state index is 5.91. The highest BCUT2D eigenvalue weighted by atomic mass is 79.9. The van der Waals surface area contributed by atoms with Crippen LogP contribution in [0.2, 0.25) is 0 Å². The summed E-state index contributed by atoms with van der Waals surface area (Å²) in [5.74, 6) is 0. The van der Waals surface area contributed by atoms with Gasteiger partial charge in [0, 0.05) is 0 Å². The monoisotopic (exact) mass is 282 g/mol. The summed E-state index contributed by atoms with van der Waals surface area (Å²) in [7, 11) is 0. The number of rotatable bonds is 2. The number of para-hydroxylation sites is 1. The van der Waals surface area contributed by atoms with Crippen LogP contribution in [0.4, 0.5) is 16.4 Å². The van der Waals surface area contributed by atoms with Gasteiger partial charge in [0.25, 0.3) is 0 Å². The van der Waals surface area contributed by atoms with Gasteiger partial charge >= 0.3 is 0 Å². The molecule has 0 unspecified atom stereocenters. The van der Waals surface area contributed by atoms with Crippen LogP contribution in [0.3, 0.4) is 0 Å². The summed E-state index contributed by atoms with van der Waals surface area (Å²) in [6.45, 7) is 2.04. The predicted octanol–water partition coefficient (Wildman–Crippen LogP) is 4.14. The van der Waals surface area contributed by atoms with E-state index in [0.29, 0.717) is 0 Å². The smallest absolute Gasteiger partial charge is 0.0938 e. The van der Waals surface area contributed by atoms with E-state index in [0.717, 1.165) is 25.7 Å². The second-order valence-corrected chi connectivity index (χ2v) is 5.73. The minimum Gasteiger partial charge on any atom is -0.397 e. The molecule has 1 aromatic carbocycles. The van der Waals surface area contributed by atoms with Crippen LogP contribution in [0.25, 0.3) is 0 Å². The first-order chi connectivity index (χ1) is 7.16. The highest BCUT2D eigenvalue weighted by molar-refractivity contribution is 9.11. The zero-order valence-corrected chi connectivity index (χ0v) is 10.7. The number of hydrogen-bond donors (Lipinski definition) is 2. The number of thiophene rings is 1. The number of halogens is 1. The molecule has 0 radical (unpaired) electrons. The van der Waals surface area contributed by atoms with Gasteiger partial charge in [0.05, 0.1) is 20.2 Å². The summed E-state index contributed by atoms with van der Waals surface area (Å²) in [6.07, 6.45) is 0. The van der Waals surface area contributed by atoms with Crippen molar-refractivity contribution >= 4 is 43.6 Å². The lowest BCUT2D eigenvalue weighted by atomic mass is 10.2. The maximum Gasteiger partial charge on any atom is 0.0938 e. The highest BCUT2D eigenvalue weighted by Crippen LogP contribution is 2.32. The maximum atomic E-state index is 5.91. The molecule has 1 heterocycles. The Morgan fingerprint density at radius 3 is 2.67 bits per heavy atom. The Kier molecular flexibility index (Phi) is 2.98. The molecule has 0 saturated carbocycles. The van der Waals surface area contributed by atoms with Crippen molar-refractivity contribution in [2.45, 2.75) is 6.92 Å². The van der Waals surface area contributed by atoms with Crippen molar-refractivity contribution < 1.29 is 0 Å². The summed E-state index contributed by atoms with van der Waals surface area (Å²) in [5, 5.41) is 4.41. The Labute approximate surface area is 101 Å². The molecule has 0 aliphatic heterocycles. The Morgan fingerprint density at radius 2 is 2.07 bits per heavy atom. The largest absolute Gasteiger partial charge is 0.397 e. The predicted molar refractivity (Wildman–Crippen MR) is 70.9 cm³/mol. The molecule has 0 spiro atoms. The third-order valence-corrected chi connectivity index (χ3v) is 3.67. The molecule has 2 aromatic rings. The molecule has 4 heteroatoms. The van der Waals surface area contributed by atoms with Gasteiger partial charge in [-0.15, -0.1) is 11.3 Å². The Morgan fingerprint density at radius 1 is 1.27 bits per heavy atom. The standard InChI is InChI=1S/C11H11BrN2S/c1-7-3-2-4-8(13)11(7)14-10-6-5-9(12)15-10/h2-6,14H,13H2,1H3. The number of anilines is 3. The van der Waals surface area contributed by atoms with Crippen molar-refractivity contribution in [2.75, 3.05) is 11.1 Å². The van der Waals surface area contributed by atoms with Crippen molar-refractivity contribution in [3.05, 3.63) is 39.7 Å². The Bertz CT molecular complexity index is 459. The number of aryl methyl sites for hydroxylation is 1. The third-order valence-electron chi connectivity index (χ3n) is 2.13. The van der Waals surface area contributed by atoms with E-state index in [4.69, 9.17) is 5.73 Å². The fraction of sp³-hybridized carbons (Fsp3) is 0.0909. The fourth-order valence-corrected chi connectivity index (χ4v) is 2.66. The second kappa shape index (κ2) is 4.24. The van der Waals surface area contributed by atoms with Crippen LogP contribution < -0.4 is 11.1 Å². The van der Waals surface area contributed by atoms with E-state index < -0.39 is 0 Å². The van der Waals surface area contributed by atoms with E-state index in [1.807, 2.05) is 37.3 Å². The van der Waals surface area contributed by atoms with E-state index in [1.165, 1.54) is 0 Å². The van der Waals surface area contributed by atoms with Gasteiger partial charge in [-0.3, -0.25) is 0 Å². The van der Waals surface area contributed by atoms with Crippen molar-refractivity contribution in [2.24, 2.45) is 0 Å². The third kappa shape index (κ3) is 2.33. The molecular weight excluding hydrogens is 272 g/mol. The highest BCUT2D eigenvalue weighted by Gasteiger charge is 2.04. The van der Waals surface area contributed by atoms with E-state index in [2.05, 4.69) is 21.2 Å². The molecule has 0 saturated heterocycles. The number of nitrogens with two attached hydrogens (primary N) is 1. The average molecular weight is 283 g/mol. The second-order valence-electron chi connectivity index (χ2n) is 3.27. The van der Waals surface area contributed by atoms with Gasteiger partial charge in [0.2, 0.25) is 0 Å². The number of nitrogens with one attached hydrogen (secondary N) is 1. The molecule has 2 nitrogen and oxygen atoms in total. The van der Waals surface area contributed by atoms with Crippen molar-refractivity contribution in [3.8, 4) is 0 Å². The first kappa shape index (κ1) is 10.5. The summed E-state index contributed by atoms with van der Waals surface area (Å²) >= 11 is 5.08. The summed E-state index contributed by atoms with van der Waals surface area (Å²) in [5.41, 5.74) is 8.83. The minimum atomic E-state index is 0.777. The van der Waals surface area contributed by atoms with Gasteiger partial charge in [0.15, 0.2) is 0 Å². The van der Waals surface area contributed by atoms with Crippen molar-refractivity contribution in [3.63, 3.8) is 0 Å². The zero-order chi connectivity index (χ0) is 10.8. The number of benzene rings is 1. The molecule has 0 aliphatic carbocycles. The van der Waals surface area contributed by atoms with Gasteiger partial charge in [-0.25, -0.2) is 0 Å². The molecule has 3 N–H and O–H groups in total. The normalized spacial score (nSPS) is 10.3. The molecular formula is C11H11BrN2S. The summed E-state index contributed by atoms with van der Waals surface area (Å²) in [6, 6.07) is 9.95. The number of nitrogen functional groups attached to an aromatic ring is 1. The topological polar surface area (TPSA) is 38.0 Å². The van der Waals surface area contributed by atoms with Crippen molar-refractivity contribution in [1.82, 2.24) is 0 Å². The van der Waals surface area contributed by atoms with Crippen LogP contribution in [-0.2, 0) is 0 Å². The Hall–Kier alpha value is -1.000.